The molecule has 2 heterocycles. The van der Waals surface area contributed by atoms with Gasteiger partial charge in [-0.15, -0.1) is 0 Å². The summed E-state index contributed by atoms with van der Waals surface area (Å²) in [6, 6.07) is 0. The Bertz CT molecular complexity index is 501. The van der Waals surface area contributed by atoms with E-state index in [0.717, 1.165) is 17.8 Å². The van der Waals surface area contributed by atoms with Crippen LogP contribution < -0.4 is 5.32 Å². The van der Waals surface area contributed by atoms with Crippen molar-refractivity contribution in [3.8, 4) is 0 Å². The summed E-state index contributed by atoms with van der Waals surface area (Å²) in [7, 11) is 1.28. The molecule has 1 atom stereocenters. The van der Waals surface area contributed by atoms with Crippen molar-refractivity contribution in [2.75, 3.05) is 38.6 Å². The molecule has 21 heavy (non-hydrogen) atoms. The zero-order chi connectivity index (χ0) is 15.4. The predicted molar refractivity (Wildman–Crippen MR) is 77.5 cm³/mol. The highest BCUT2D eigenvalue weighted by Crippen LogP contribution is 2.28. The zero-order valence-electron chi connectivity index (χ0n) is 11.4. The summed E-state index contributed by atoms with van der Waals surface area (Å²) in [4.78, 5) is 17.5. The lowest BCUT2D eigenvalue weighted by Crippen LogP contribution is -2.27. The predicted octanol–water partition coefficient (Wildman–Crippen LogP) is 2.58. The van der Waals surface area contributed by atoms with Crippen molar-refractivity contribution in [1.82, 2.24) is 9.88 Å². The van der Waals surface area contributed by atoms with Gasteiger partial charge in [0.1, 0.15) is 0 Å². The van der Waals surface area contributed by atoms with Crippen molar-refractivity contribution < 1.29 is 18.3 Å². The van der Waals surface area contributed by atoms with Gasteiger partial charge in [0.2, 0.25) is 0 Å². The van der Waals surface area contributed by atoms with Crippen LogP contribution in [0.2, 0.25) is 5.15 Å². The second-order valence-electron chi connectivity index (χ2n) is 4.82. The van der Waals surface area contributed by atoms with E-state index in [0.29, 0.717) is 24.8 Å². The molecule has 0 amide bonds. The van der Waals surface area contributed by atoms with Gasteiger partial charge in [-0.05, 0) is 18.9 Å². The van der Waals surface area contributed by atoms with Crippen LogP contribution >= 0.6 is 22.9 Å². The molecule has 1 unspecified atom stereocenters. The van der Waals surface area contributed by atoms with Crippen LogP contribution in [-0.4, -0.2) is 55.6 Å². The first-order valence-electron chi connectivity index (χ1n) is 6.48. The van der Waals surface area contributed by atoms with Gasteiger partial charge in [0.15, 0.2) is 15.2 Å². The summed E-state index contributed by atoms with van der Waals surface area (Å²) in [6.45, 7) is 1.76. The van der Waals surface area contributed by atoms with E-state index >= 15 is 0 Å². The van der Waals surface area contributed by atoms with Gasteiger partial charge in [-0.2, -0.15) is 0 Å². The van der Waals surface area contributed by atoms with Crippen LogP contribution in [0.1, 0.15) is 16.1 Å². The number of carbonyl (C=O) groups excluding carboxylic acids is 1. The quantitative estimate of drug-likeness (QED) is 0.807. The summed E-state index contributed by atoms with van der Waals surface area (Å²) < 4.78 is 29.2. The lowest BCUT2D eigenvalue weighted by atomic mass is 10.1. The Morgan fingerprint density at radius 1 is 1.67 bits per heavy atom. The van der Waals surface area contributed by atoms with E-state index < -0.39 is 12.4 Å². The molecule has 0 bridgehead atoms. The number of likely N-dealkylation sites (tertiary alicyclic amines) is 1. The minimum absolute atomic E-state index is 0.111. The number of thiazole rings is 1. The SMILES string of the molecule is COC(=O)c1sc(NCC2CCN(CC(F)F)C2)nc1Cl. The second-order valence-corrected chi connectivity index (χ2v) is 6.17. The maximum atomic E-state index is 12.3. The number of anilines is 1. The van der Waals surface area contributed by atoms with Crippen LogP contribution in [0.5, 0.6) is 0 Å². The number of rotatable bonds is 6. The second kappa shape index (κ2) is 7.33. The number of hydrogen-bond donors (Lipinski definition) is 1. The standard InChI is InChI=1S/C12H16ClF2N3O2S/c1-20-11(19)9-10(13)17-12(21-9)16-4-7-2-3-18(5-7)6-8(14)15/h7-8H,2-6H2,1H3,(H,16,17). The number of esters is 1. The van der Waals surface area contributed by atoms with Crippen molar-refractivity contribution in [3.05, 3.63) is 10.0 Å². The summed E-state index contributed by atoms with van der Waals surface area (Å²) in [5, 5.41) is 3.75. The highest BCUT2D eigenvalue weighted by Gasteiger charge is 2.25. The summed E-state index contributed by atoms with van der Waals surface area (Å²) in [6.07, 6.45) is -1.43. The van der Waals surface area contributed by atoms with Gasteiger partial charge in [0, 0.05) is 13.1 Å². The monoisotopic (exact) mass is 339 g/mol. The molecule has 5 nitrogen and oxygen atoms in total. The van der Waals surface area contributed by atoms with Gasteiger partial charge in [0.25, 0.3) is 6.43 Å². The molecule has 0 radical (unpaired) electrons. The summed E-state index contributed by atoms with van der Waals surface area (Å²) in [5.74, 6) is -0.234. The molecule has 118 valence electrons. The molecule has 1 aliphatic rings. The Labute approximate surface area is 130 Å². The van der Waals surface area contributed by atoms with E-state index in [1.165, 1.54) is 7.11 Å². The summed E-state index contributed by atoms with van der Waals surface area (Å²) in [5.41, 5.74) is 0. The first-order chi connectivity index (χ1) is 9.99. The number of aromatic nitrogens is 1. The van der Waals surface area contributed by atoms with Crippen LogP contribution in [0.15, 0.2) is 0 Å². The fraction of sp³-hybridized carbons (Fsp3) is 0.667. The molecule has 1 aromatic rings. The van der Waals surface area contributed by atoms with Gasteiger partial charge in [-0.1, -0.05) is 22.9 Å². The number of carbonyl (C=O) groups is 1. The third kappa shape index (κ3) is 4.49. The number of hydrogen-bond acceptors (Lipinski definition) is 6. The molecular weight excluding hydrogens is 324 g/mol. The average molecular weight is 340 g/mol. The fourth-order valence-electron chi connectivity index (χ4n) is 2.27. The van der Waals surface area contributed by atoms with E-state index in [4.69, 9.17) is 11.6 Å². The molecule has 1 aromatic heterocycles. The minimum atomic E-state index is -2.29. The van der Waals surface area contributed by atoms with Crippen molar-refractivity contribution >= 4 is 34.0 Å². The molecule has 1 saturated heterocycles. The Balaban J connectivity index is 1.83. The minimum Gasteiger partial charge on any atom is -0.465 e. The number of ether oxygens (including phenoxy) is 1. The molecular formula is C12H16ClF2N3O2S. The van der Waals surface area contributed by atoms with Crippen molar-refractivity contribution in [2.45, 2.75) is 12.8 Å². The lowest BCUT2D eigenvalue weighted by molar-refractivity contribution is 0.0606. The maximum absolute atomic E-state index is 12.3. The van der Waals surface area contributed by atoms with Crippen molar-refractivity contribution in [1.29, 1.82) is 0 Å². The average Bonchev–Trinajstić information content (AvgIpc) is 3.01. The molecule has 0 spiro atoms. The van der Waals surface area contributed by atoms with Crippen LogP contribution in [0.25, 0.3) is 0 Å². The highest BCUT2D eigenvalue weighted by molar-refractivity contribution is 7.18. The molecule has 1 aliphatic heterocycles. The van der Waals surface area contributed by atoms with Gasteiger partial charge in [-0.3, -0.25) is 4.90 Å². The van der Waals surface area contributed by atoms with Crippen molar-refractivity contribution in [3.63, 3.8) is 0 Å². The number of alkyl halides is 2. The molecule has 0 aromatic carbocycles. The highest BCUT2D eigenvalue weighted by atomic mass is 35.5. The first kappa shape index (κ1) is 16.4. The number of halogens is 3. The number of methoxy groups -OCH3 is 1. The Morgan fingerprint density at radius 3 is 3.10 bits per heavy atom. The first-order valence-corrected chi connectivity index (χ1v) is 7.68. The van der Waals surface area contributed by atoms with Crippen molar-refractivity contribution in [2.24, 2.45) is 5.92 Å². The van der Waals surface area contributed by atoms with E-state index in [1.54, 1.807) is 4.90 Å². The lowest BCUT2D eigenvalue weighted by Gasteiger charge is -2.15. The van der Waals surface area contributed by atoms with Crippen LogP contribution in [0.4, 0.5) is 13.9 Å². The smallest absolute Gasteiger partial charge is 0.351 e. The molecule has 2 rings (SSSR count). The van der Waals surface area contributed by atoms with Crippen LogP contribution in [0, 0.1) is 5.92 Å². The normalized spacial score (nSPS) is 19.2. The third-order valence-corrected chi connectivity index (χ3v) is 4.64. The van der Waals surface area contributed by atoms with Crippen LogP contribution in [-0.2, 0) is 4.74 Å². The van der Waals surface area contributed by atoms with E-state index in [9.17, 15) is 13.6 Å². The number of nitrogens with one attached hydrogen (secondary N) is 1. The molecule has 1 fully saturated rings. The van der Waals surface area contributed by atoms with E-state index in [-0.39, 0.29) is 22.5 Å². The molecule has 9 heteroatoms. The Hall–Kier alpha value is -0.990. The van der Waals surface area contributed by atoms with Crippen LogP contribution in [0.3, 0.4) is 0 Å². The third-order valence-electron chi connectivity index (χ3n) is 3.26. The Kier molecular flexibility index (Phi) is 5.72. The maximum Gasteiger partial charge on any atom is 0.351 e. The van der Waals surface area contributed by atoms with Gasteiger partial charge in [-0.25, -0.2) is 18.6 Å². The topological polar surface area (TPSA) is 54.5 Å². The van der Waals surface area contributed by atoms with E-state index in [1.807, 2.05) is 0 Å². The number of nitrogens with zero attached hydrogens (tertiary/aromatic N) is 2. The molecule has 0 saturated carbocycles. The van der Waals surface area contributed by atoms with Gasteiger partial charge >= 0.3 is 5.97 Å². The van der Waals surface area contributed by atoms with E-state index in [2.05, 4.69) is 15.0 Å². The molecule has 0 aliphatic carbocycles. The Morgan fingerprint density at radius 2 is 2.43 bits per heavy atom. The van der Waals surface area contributed by atoms with Gasteiger partial charge in [0.05, 0.1) is 13.7 Å². The fourth-order valence-corrected chi connectivity index (χ4v) is 3.38. The largest absolute Gasteiger partial charge is 0.465 e. The molecule has 1 N–H and O–H groups in total. The zero-order valence-corrected chi connectivity index (χ0v) is 13.0. The summed E-state index contributed by atoms with van der Waals surface area (Å²) >= 11 is 6.99. The van der Waals surface area contributed by atoms with Gasteiger partial charge < -0.3 is 10.1 Å².